The molecule has 1 fully saturated rings. The molecule has 3 heterocycles. The van der Waals surface area contributed by atoms with E-state index in [1.54, 1.807) is 43.7 Å². The Balaban J connectivity index is 1.32. The van der Waals surface area contributed by atoms with Gasteiger partial charge in [0.25, 0.3) is 5.91 Å². The first-order valence-electron chi connectivity index (χ1n) is 14.5. The van der Waals surface area contributed by atoms with E-state index in [0.29, 0.717) is 47.3 Å². The van der Waals surface area contributed by atoms with E-state index >= 15 is 0 Å². The Bertz CT molecular complexity index is 1610. The second-order valence-corrected chi connectivity index (χ2v) is 10.8. The van der Waals surface area contributed by atoms with Gasteiger partial charge in [-0.2, -0.15) is 9.97 Å². The summed E-state index contributed by atoms with van der Waals surface area (Å²) in [6, 6.07) is 14.4. The van der Waals surface area contributed by atoms with E-state index in [1.165, 1.54) is 6.08 Å². The van der Waals surface area contributed by atoms with E-state index in [4.69, 9.17) is 15.7 Å². The number of likely N-dealkylation sites (N-methyl/N-ethyl adjacent to an activating group) is 1. The summed E-state index contributed by atoms with van der Waals surface area (Å²) < 4.78 is 2.03. The van der Waals surface area contributed by atoms with Crippen LogP contribution in [0.1, 0.15) is 43.1 Å². The van der Waals surface area contributed by atoms with Gasteiger partial charge in [0, 0.05) is 60.4 Å². The molecule has 5 rings (SSSR count). The van der Waals surface area contributed by atoms with Crippen molar-refractivity contribution >= 4 is 51.8 Å². The zero-order valence-corrected chi connectivity index (χ0v) is 24.7. The maximum absolute atomic E-state index is 13.0. The van der Waals surface area contributed by atoms with Gasteiger partial charge in [-0.05, 0) is 76.2 Å². The van der Waals surface area contributed by atoms with Crippen LogP contribution in [0.2, 0.25) is 0 Å². The summed E-state index contributed by atoms with van der Waals surface area (Å²) in [7, 11) is 1.81. The number of carbonyl (C=O) groups is 2. The number of nitrogens with one attached hydrogen (secondary N) is 4. The molecule has 4 aromatic rings. The number of imidazole rings is 1. The van der Waals surface area contributed by atoms with Gasteiger partial charge in [0.15, 0.2) is 17.0 Å². The Morgan fingerprint density at radius 2 is 1.86 bits per heavy atom. The highest BCUT2D eigenvalue weighted by molar-refractivity contribution is 6.05. The molecule has 1 aliphatic heterocycles. The molecule has 43 heavy (non-hydrogen) atoms. The minimum atomic E-state index is -0.271. The Morgan fingerprint density at radius 3 is 2.60 bits per heavy atom. The molecule has 0 spiro atoms. The van der Waals surface area contributed by atoms with Gasteiger partial charge >= 0.3 is 0 Å². The Kier molecular flexibility index (Phi) is 9.28. The number of rotatable bonds is 10. The predicted molar refractivity (Wildman–Crippen MR) is 171 cm³/mol. The molecular weight excluding hydrogens is 544 g/mol. The number of benzene rings is 2. The molecule has 2 aromatic carbocycles. The molecule has 0 radical (unpaired) electrons. The van der Waals surface area contributed by atoms with Crippen molar-refractivity contribution in [2.24, 2.45) is 5.73 Å². The summed E-state index contributed by atoms with van der Waals surface area (Å²) >= 11 is 0. The zero-order valence-electron chi connectivity index (χ0n) is 24.7. The summed E-state index contributed by atoms with van der Waals surface area (Å²) in [6.45, 7) is 6.32. The largest absolute Gasteiger partial charge is 0.339 e. The number of nitrogens with zero attached hydrogens (tertiary/aromatic N) is 5. The van der Waals surface area contributed by atoms with E-state index in [1.807, 2.05) is 28.8 Å². The molecule has 12 heteroatoms. The molecule has 0 bridgehead atoms. The fourth-order valence-electron chi connectivity index (χ4n) is 4.89. The highest BCUT2D eigenvalue weighted by Crippen LogP contribution is 2.29. The van der Waals surface area contributed by atoms with Crippen LogP contribution in [-0.4, -0.2) is 64.1 Å². The summed E-state index contributed by atoms with van der Waals surface area (Å²) in [4.78, 5) is 41.5. The molecular formula is C31H38N10O2. The molecule has 1 unspecified atom stereocenters. The SMILES string of the molecule is CNC/C=C/C(=O)Nc1ccc(C(=O)Nc2cccc(Nc3nc(N4CCCC(N)C4)nc4c3ncn4C(C)C)c2)cc1. The van der Waals surface area contributed by atoms with E-state index in [0.717, 1.165) is 30.7 Å². The molecule has 12 nitrogen and oxygen atoms in total. The topological polar surface area (TPSA) is 155 Å². The monoisotopic (exact) mass is 582 g/mol. The first-order valence-corrected chi connectivity index (χ1v) is 14.5. The average molecular weight is 583 g/mol. The van der Waals surface area contributed by atoms with Crippen molar-refractivity contribution in [1.82, 2.24) is 24.8 Å². The third-order valence-electron chi connectivity index (χ3n) is 7.10. The minimum absolute atomic E-state index is 0.0835. The number of fused-ring (bicyclic) bond motifs is 1. The van der Waals surface area contributed by atoms with Crippen LogP contribution in [0.25, 0.3) is 11.2 Å². The molecule has 0 saturated carbocycles. The van der Waals surface area contributed by atoms with Crippen LogP contribution >= 0.6 is 0 Å². The molecule has 0 aliphatic carbocycles. The molecule has 6 N–H and O–H groups in total. The summed E-state index contributed by atoms with van der Waals surface area (Å²) in [6.07, 6.45) is 6.96. The fraction of sp³-hybridized carbons (Fsp3) is 0.323. The quantitative estimate of drug-likeness (QED) is 0.174. The summed E-state index contributed by atoms with van der Waals surface area (Å²) in [5.41, 5.74) is 10.1. The van der Waals surface area contributed by atoms with Gasteiger partial charge in [-0.1, -0.05) is 12.1 Å². The molecule has 1 atom stereocenters. The van der Waals surface area contributed by atoms with Crippen molar-refractivity contribution in [1.29, 1.82) is 0 Å². The highest BCUT2D eigenvalue weighted by Gasteiger charge is 2.23. The first kappa shape index (κ1) is 29.7. The van der Waals surface area contributed by atoms with Gasteiger partial charge in [0.05, 0.1) is 6.33 Å². The van der Waals surface area contributed by atoms with Crippen LogP contribution in [0.15, 0.2) is 67.0 Å². The Morgan fingerprint density at radius 1 is 1.07 bits per heavy atom. The maximum Gasteiger partial charge on any atom is 0.255 e. The van der Waals surface area contributed by atoms with Crippen molar-refractivity contribution in [3.63, 3.8) is 0 Å². The predicted octanol–water partition coefficient (Wildman–Crippen LogP) is 4.04. The molecule has 1 saturated heterocycles. The third kappa shape index (κ3) is 7.34. The fourth-order valence-corrected chi connectivity index (χ4v) is 4.89. The lowest BCUT2D eigenvalue weighted by Gasteiger charge is -2.31. The van der Waals surface area contributed by atoms with Crippen molar-refractivity contribution in [3.8, 4) is 0 Å². The number of aromatic nitrogens is 4. The van der Waals surface area contributed by atoms with E-state index < -0.39 is 0 Å². The lowest BCUT2D eigenvalue weighted by atomic mass is 10.1. The second kappa shape index (κ2) is 13.4. The van der Waals surface area contributed by atoms with E-state index in [-0.39, 0.29) is 23.9 Å². The Labute approximate surface area is 250 Å². The minimum Gasteiger partial charge on any atom is -0.339 e. The molecule has 2 amide bonds. The number of hydrogen-bond donors (Lipinski definition) is 5. The lowest BCUT2D eigenvalue weighted by Crippen LogP contribution is -2.43. The van der Waals surface area contributed by atoms with Gasteiger partial charge in [-0.15, -0.1) is 0 Å². The van der Waals surface area contributed by atoms with Gasteiger partial charge < -0.3 is 36.5 Å². The van der Waals surface area contributed by atoms with E-state index in [2.05, 4.69) is 45.0 Å². The number of hydrogen-bond acceptors (Lipinski definition) is 9. The summed E-state index contributed by atoms with van der Waals surface area (Å²) in [5.74, 6) is 0.694. The normalized spacial score (nSPS) is 15.3. The molecule has 2 aromatic heterocycles. The Hall–Kier alpha value is -4.81. The standard InChI is InChI=1S/C31H38N10O2/c1-20(2)41-19-34-27-28(38-31(39-29(27)41)40-16-6-7-22(32)18-40)36-24-8-4-9-25(17-24)37-30(43)21-11-13-23(14-12-21)35-26(42)10-5-15-33-3/h4-5,8-14,17,19-20,22,33H,6-7,15-16,18,32H2,1-3H3,(H,35,42)(H,37,43)(H,36,38,39)/b10-5+. The molecule has 224 valence electrons. The number of nitrogens with two attached hydrogens (primary N) is 1. The number of carbonyl (C=O) groups excluding carboxylic acids is 2. The first-order chi connectivity index (χ1) is 20.8. The van der Waals surface area contributed by atoms with Gasteiger partial charge in [0.1, 0.15) is 0 Å². The van der Waals surface area contributed by atoms with Crippen LogP contribution in [0.5, 0.6) is 0 Å². The van der Waals surface area contributed by atoms with Gasteiger partial charge in [-0.25, -0.2) is 4.98 Å². The van der Waals surface area contributed by atoms with Gasteiger partial charge in [-0.3, -0.25) is 9.59 Å². The van der Waals surface area contributed by atoms with Crippen molar-refractivity contribution in [3.05, 3.63) is 72.6 Å². The van der Waals surface area contributed by atoms with Crippen LogP contribution in [0.4, 0.5) is 28.8 Å². The average Bonchev–Trinajstić information content (AvgIpc) is 3.43. The summed E-state index contributed by atoms with van der Waals surface area (Å²) in [5, 5.41) is 12.1. The second-order valence-electron chi connectivity index (χ2n) is 10.8. The third-order valence-corrected chi connectivity index (χ3v) is 7.10. The van der Waals surface area contributed by atoms with Crippen LogP contribution in [0, 0.1) is 0 Å². The van der Waals surface area contributed by atoms with Crippen LogP contribution in [0.3, 0.4) is 0 Å². The van der Waals surface area contributed by atoms with Crippen LogP contribution in [-0.2, 0) is 4.79 Å². The van der Waals surface area contributed by atoms with Crippen molar-refractivity contribution in [2.45, 2.75) is 38.8 Å². The van der Waals surface area contributed by atoms with E-state index in [9.17, 15) is 9.59 Å². The number of amides is 2. The van der Waals surface area contributed by atoms with Crippen LogP contribution < -0.4 is 31.9 Å². The smallest absolute Gasteiger partial charge is 0.255 e. The number of piperidine rings is 1. The van der Waals surface area contributed by atoms with Crippen molar-refractivity contribution < 1.29 is 9.59 Å². The van der Waals surface area contributed by atoms with Gasteiger partial charge in [0.2, 0.25) is 11.9 Å². The maximum atomic E-state index is 13.0. The highest BCUT2D eigenvalue weighted by atomic mass is 16.2. The van der Waals surface area contributed by atoms with Crippen molar-refractivity contribution in [2.75, 3.05) is 47.5 Å². The zero-order chi connectivity index (χ0) is 30.3. The molecule has 1 aliphatic rings. The number of anilines is 5. The lowest BCUT2D eigenvalue weighted by molar-refractivity contribution is -0.111.